The Balaban J connectivity index is 1.50. The average molecular weight is 456 g/mol. The van der Waals surface area contributed by atoms with Gasteiger partial charge in [-0.2, -0.15) is 5.26 Å². The molecule has 5 rings (SSSR count). The molecular weight excluding hydrogens is 430 g/mol. The Morgan fingerprint density at radius 2 is 2.15 bits per heavy atom. The monoisotopic (exact) mass is 455 g/mol. The molecule has 0 radical (unpaired) electrons. The Labute approximate surface area is 197 Å². The van der Waals surface area contributed by atoms with E-state index in [9.17, 15) is 5.26 Å². The molecule has 0 amide bonds. The van der Waals surface area contributed by atoms with Crippen LogP contribution in [0.4, 0.5) is 17.5 Å². The molecule has 1 aliphatic rings. The summed E-state index contributed by atoms with van der Waals surface area (Å²) in [5.74, 6) is 2.67. The van der Waals surface area contributed by atoms with Gasteiger partial charge in [-0.1, -0.05) is 0 Å². The van der Waals surface area contributed by atoms with Crippen LogP contribution >= 0.6 is 0 Å². The van der Waals surface area contributed by atoms with E-state index in [1.807, 2.05) is 49.7 Å². The van der Waals surface area contributed by atoms with Crippen molar-refractivity contribution in [3.8, 4) is 23.2 Å². The van der Waals surface area contributed by atoms with Crippen molar-refractivity contribution in [2.45, 2.75) is 20.3 Å². The third-order valence-corrected chi connectivity index (χ3v) is 5.84. The molecule has 1 atom stereocenters. The summed E-state index contributed by atoms with van der Waals surface area (Å²) in [7, 11) is 1.90. The van der Waals surface area contributed by atoms with E-state index in [4.69, 9.17) is 14.7 Å². The van der Waals surface area contributed by atoms with Crippen molar-refractivity contribution < 1.29 is 4.74 Å². The second-order valence-electron chi connectivity index (χ2n) is 8.31. The number of rotatable bonds is 6. The standard InChI is InChI=1S/C24H25N9O/c1-4-34-20-10-17(22-31-27-14-32(22)3)5-6-19(20)29-24-26-12-18-9-15(2)28-23(21(18)30-24)33-8-7-16(11-25)13-33/h5-6,9-10,12,14,16H,4,7-8,13H2,1-3H3,(H,26,29,30). The van der Waals surface area contributed by atoms with Gasteiger partial charge in [-0.3, -0.25) is 0 Å². The lowest BCUT2D eigenvalue weighted by Gasteiger charge is -2.19. The molecule has 1 saturated heterocycles. The van der Waals surface area contributed by atoms with Gasteiger partial charge < -0.3 is 19.5 Å². The number of nitrogens with one attached hydrogen (secondary N) is 1. The number of aromatic nitrogens is 6. The zero-order chi connectivity index (χ0) is 23.7. The van der Waals surface area contributed by atoms with Gasteiger partial charge in [0.25, 0.3) is 0 Å². The maximum atomic E-state index is 9.32. The molecule has 1 N–H and O–H groups in total. The van der Waals surface area contributed by atoms with Crippen LogP contribution in [0.3, 0.4) is 0 Å². The Morgan fingerprint density at radius 1 is 1.26 bits per heavy atom. The Hall–Kier alpha value is -4.26. The molecule has 10 heteroatoms. The van der Waals surface area contributed by atoms with E-state index in [0.717, 1.165) is 52.5 Å². The maximum absolute atomic E-state index is 9.32. The molecule has 0 aliphatic carbocycles. The molecule has 4 aromatic rings. The highest BCUT2D eigenvalue weighted by Crippen LogP contribution is 2.33. The first kappa shape index (κ1) is 21.6. The second kappa shape index (κ2) is 8.94. The number of nitriles is 1. The van der Waals surface area contributed by atoms with E-state index in [-0.39, 0.29) is 5.92 Å². The fraction of sp³-hybridized carbons (Fsp3) is 0.333. The second-order valence-corrected chi connectivity index (χ2v) is 8.31. The predicted octanol–water partition coefficient (Wildman–Crippen LogP) is 3.62. The van der Waals surface area contributed by atoms with Crippen molar-refractivity contribution in [2.75, 3.05) is 29.9 Å². The summed E-state index contributed by atoms with van der Waals surface area (Å²) in [5.41, 5.74) is 3.30. The number of fused-ring (bicyclic) bond motifs is 1. The fourth-order valence-corrected chi connectivity index (χ4v) is 4.20. The van der Waals surface area contributed by atoms with Gasteiger partial charge in [-0.25, -0.2) is 15.0 Å². The minimum Gasteiger partial charge on any atom is -0.492 e. The summed E-state index contributed by atoms with van der Waals surface area (Å²) in [4.78, 5) is 16.2. The zero-order valence-corrected chi connectivity index (χ0v) is 19.4. The average Bonchev–Trinajstić information content (AvgIpc) is 3.49. The molecule has 0 bridgehead atoms. The number of nitrogens with zero attached hydrogens (tertiary/aromatic N) is 8. The normalized spacial score (nSPS) is 15.5. The van der Waals surface area contributed by atoms with Crippen LogP contribution in [0.25, 0.3) is 22.3 Å². The fourth-order valence-electron chi connectivity index (χ4n) is 4.20. The van der Waals surface area contributed by atoms with Gasteiger partial charge in [0.05, 0.1) is 24.3 Å². The summed E-state index contributed by atoms with van der Waals surface area (Å²) in [6.45, 7) is 5.86. The van der Waals surface area contributed by atoms with Crippen LogP contribution in [0.2, 0.25) is 0 Å². The van der Waals surface area contributed by atoms with Crippen LogP contribution in [0.1, 0.15) is 19.0 Å². The Bertz CT molecular complexity index is 1390. The number of hydrogen-bond acceptors (Lipinski definition) is 9. The molecule has 1 fully saturated rings. The van der Waals surface area contributed by atoms with Gasteiger partial charge in [-0.05, 0) is 44.5 Å². The van der Waals surface area contributed by atoms with Gasteiger partial charge in [0.1, 0.15) is 17.6 Å². The minimum atomic E-state index is 0.0120. The number of ether oxygens (including phenoxy) is 1. The van der Waals surface area contributed by atoms with Gasteiger partial charge in [0.15, 0.2) is 11.6 Å². The van der Waals surface area contributed by atoms with Crippen molar-refractivity contribution in [1.82, 2.24) is 29.7 Å². The molecule has 4 heterocycles. The number of aryl methyl sites for hydroxylation is 2. The quantitative estimate of drug-likeness (QED) is 0.465. The van der Waals surface area contributed by atoms with Gasteiger partial charge in [0, 0.05) is 43.0 Å². The molecule has 0 saturated carbocycles. The highest BCUT2D eigenvalue weighted by atomic mass is 16.5. The minimum absolute atomic E-state index is 0.0120. The van der Waals surface area contributed by atoms with Crippen molar-refractivity contribution in [2.24, 2.45) is 13.0 Å². The summed E-state index contributed by atoms with van der Waals surface area (Å²) in [5, 5.41) is 21.7. The number of hydrogen-bond donors (Lipinski definition) is 1. The highest BCUT2D eigenvalue weighted by Gasteiger charge is 2.25. The first-order valence-corrected chi connectivity index (χ1v) is 11.2. The predicted molar refractivity (Wildman–Crippen MR) is 129 cm³/mol. The van der Waals surface area contributed by atoms with E-state index in [1.54, 1.807) is 12.5 Å². The van der Waals surface area contributed by atoms with Gasteiger partial charge in [0.2, 0.25) is 5.95 Å². The van der Waals surface area contributed by atoms with Crippen molar-refractivity contribution in [1.29, 1.82) is 5.26 Å². The van der Waals surface area contributed by atoms with Crippen molar-refractivity contribution in [3.05, 3.63) is 42.5 Å². The van der Waals surface area contributed by atoms with Crippen LogP contribution in [0.15, 0.2) is 36.8 Å². The molecular formula is C24H25N9O. The SMILES string of the molecule is CCOc1cc(-c2nncn2C)ccc1Nc1ncc2cc(C)nc(N3CCC(C#N)C3)c2n1. The number of benzene rings is 1. The number of pyridine rings is 1. The van der Waals surface area contributed by atoms with Crippen molar-refractivity contribution in [3.63, 3.8) is 0 Å². The van der Waals surface area contributed by atoms with Crippen molar-refractivity contribution >= 4 is 28.4 Å². The summed E-state index contributed by atoms with van der Waals surface area (Å²) >= 11 is 0. The van der Waals surface area contributed by atoms with Crippen LogP contribution in [0, 0.1) is 24.2 Å². The van der Waals surface area contributed by atoms with E-state index in [0.29, 0.717) is 24.8 Å². The van der Waals surface area contributed by atoms with Gasteiger partial charge >= 0.3 is 0 Å². The largest absolute Gasteiger partial charge is 0.492 e. The van der Waals surface area contributed by atoms with E-state index >= 15 is 0 Å². The van der Waals surface area contributed by atoms with E-state index in [2.05, 4.69) is 31.5 Å². The van der Waals surface area contributed by atoms with E-state index < -0.39 is 0 Å². The summed E-state index contributed by atoms with van der Waals surface area (Å²) in [6.07, 6.45) is 4.30. The maximum Gasteiger partial charge on any atom is 0.227 e. The molecule has 1 aliphatic heterocycles. The lowest BCUT2D eigenvalue weighted by Crippen LogP contribution is -2.21. The molecule has 172 valence electrons. The zero-order valence-electron chi connectivity index (χ0n) is 19.4. The molecule has 1 unspecified atom stereocenters. The molecule has 0 spiro atoms. The van der Waals surface area contributed by atoms with Crippen LogP contribution in [-0.4, -0.2) is 49.4 Å². The highest BCUT2D eigenvalue weighted by molar-refractivity contribution is 5.89. The molecule has 3 aromatic heterocycles. The van der Waals surface area contributed by atoms with Crippen LogP contribution in [0.5, 0.6) is 5.75 Å². The third-order valence-electron chi connectivity index (χ3n) is 5.84. The Morgan fingerprint density at radius 3 is 2.88 bits per heavy atom. The summed E-state index contributed by atoms with van der Waals surface area (Å²) in [6, 6.07) is 10.2. The topological polar surface area (TPSA) is 118 Å². The van der Waals surface area contributed by atoms with Gasteiger partial charge in [-0.15, -0.1) is 10.2 Å². The lowest BCUT2D eigenvalue weighted by atomic mass is 10.1. The first-order valence-electron chi connectivity index (χ1n) is 11.2. The number of anilines is 3. The van der Waals surface area contributed by atoms with E-state index in [1.165, 1.54) is 0 Å². The Kier molecular flexibility index (Phi) is 5.67. The molecule has 1 aromatic carbocycles. The molecule has 10 nitrogen and oxygen atoms in total. The summed E-state index contributed by atoms with van der Waals surface area (Å²) < 4.78 is 7.75. The van der Waals surface area contributed by atoms with Crippen LogP contribution in [-0.2, 0) is 7.05 Å². The lowest BCUT2D eigenvalue weighted by molar-refractivity contribution is 0.342. The first-order chi connectivity index (χ1) is 16.6. The smallest absolute Gasteiger partial charge is 0.227 e. The molecule has 34 heavy (non-hydrogen) atoms. The third kappa shape index (κ3) is 4.08. The van der Waals surface area contributed by atoms with Crippen LogP contribution < -0.4 is 15.0 Å².